The lowest BCUT2D eigenvalue weighted by atomic mass is 10.2. The molecule has 0 saturated heterocycles. The van der Waals surface area contributed by atoms with Crippen molar-refractivity contribution in [1.29, 1.82) is 0 Å². The van der Waals surface area contributed by atoms with Gasteiger partial charge in [-0.15, -0.1) is 0 Å². The standard InChI is InChI=1S/C21H30N2O/c1-18(2)23(3)15-7-14-22-16-19-10-12-21(13-11-19)24-17-20-8-5-4-6-9-20/h4-6,8-13,18,22H,7,14-17H2,1-3H3. The van der Waals surface area contributed by atoms with Crippen LogP contribution in [-0.2, 0) is 13.2 Å². The second kappa shape index (κ2) is 10.1. The molecule has 0 unspecified atom stereocenters. The van der Waals surface area contributed by atoms with Gasteiger partial charge >= 0.3 is 0 Å². The van der Waals surface area contributed by atoms with Crippen molar-refractivity contribution < 1.29 is 4.74 Å². The van der Waals surface area contributed by atoms with E-state index in [2.05, 4.69) is 55.4 Å². The third kappa shape index (κ3) is 6.73. The molecule has 0 aliphatic heterocycles. The van der Waals surface area contributed by atoms with Crippen molar-refractivity contribution in [2.45, 2.75) is 39.5 Å². The van der Waals surface area contributed by atoms with E-state index >= 15 is 0 Å². The van der Waals surface area contributed by atoms with Gasteiger partial charge in [-0.1, -0.05) is 42.5 Å². The molecule has 2 aromatic rings. The smallest absolute Gasteiger partial charge is 0.119 e. The fourth-order valence-corrected chi connectivity index (χ4v) is 2.39. The molecule has 0 fully saturated rings. The molecule has 0 spiro atoms. The molecule has 0 bridgehead atoms. The highest BCUT2D eigenvalue weighted by Gasteiger charge is 2.02. The van der Waals surface area contributed by atoms with Crippen LogP contribution in [-0.4, -0.2) is 31.1 Å². The normalized spacial score (nSPS) is 11.2. The third-order valence-electron chi connectivity index (χ3n) is 4.25. The lowest BCUT2D eigenvalue weighted by molar-refractivity contribution is 0.269. The Balaban J connectivity index is 1.65. The van der Waals surface area contributed by atoms with Crippen LogP contribution in [0.3, 0.4) is 0 Å². The Morgan fingerprint density at radius 3 is 2.33 bits per heavy atom. The van der Waals surface area contributed by atoms with Crippen LogP contribution in [0.4, 0.5) is 0 Å². The van der Waals surface area contributed by atoms with E-state index in [1.54, 1.807) is 0 Å². The lowest BCUT2D eigenvalue weighted by Gasteiger charge is -2.20. The molecule has 0 radical (unpaired) electrons. The first kappa shape index (κ1) is 18.5. The van der Waals surface area contributed by atoms with Crippen molar-refractivity contribution in [3.8, 4) is 5.75 Å². The van der Waals surface area contributed by atoms with Gasteiger partial charge in [0.2, 0.25) is 0 Å². The molecule has 0 amide bonds. The quantitative estimate of drug-likeness (QED) is 0.666. The molecule has 130 valence electrons. The molecular weight excluding hydrogens is 296 g/mol. The zero-order valence-electron chi connectivity index (χ0n) is 15.2. The molecule has 3 nitrogen and oxygen atoms in total. The third-order valence-corrected chi connectivity index (χ3v) is 4.25. The van der Waals surface area contributed by atoms with Crippen LogP contribution < -0.4 is 10.1 Å². The number of ether oxygens (including phenoxy) is 1. The molecule has 1 N–H and O–H groups in total. The monoisotopic (exact) mass is 326 g/mol. The van der Waals surface area contributed by atoms with Crippen molar-refractivity contribution >= 4 is 0 Å². The maximum atomic E-state index is 5.81. The summed E-state index contributed by atoms with van der Waals surface area (Å²) in [5.41, 5.74) is 2.48. The van der Waals surface area contributed by atoms with Gasteiger partial charge in [0.05, 0.1) is 0 Å². The van der Waals surface area contributed by atoms with Gasteiger partial charge in [-0.3, -0.25) is 0 Å². The zero-order chi connectivity index (χ0) is 17.2. The zero-order valence-corrected chi connectivity index (χ0v) is 15.2. The molecule has 0 aromatic heterocycles. The Labute approximate surface area is 146 Å². The average molecular weight is 326 g/mol. The average Bonchev–Trinajstić information content (AvgIpc) is 2.61. The lowest BCUT2D eigenvalue weighted by Crippen LogP contribution is -2.29. The fraction of sp³-hybridized carbons (Fsp3) is 0.429. The predicted molar refractivity (Wildman–Crippen MR) is 101 cm³/mol. The summed E-state index contributed by atoms with van der Waals surface area (Å²) in [6.07, 6.45) is 1.17. The van der Waals surface area contributed by atoms with E-state index in [1.807, 2.05) is 30.3 Å². The van der Waals surface area contributed by atoms with Gasteiger partial charge in [0.15, 0.2) is 0 Å². The predicted octanol–water partition coefficient (Wildman–Crippen LogP) is 4.09. The molecule has 0 aliphatic rings. The molecule has 0 heterocycles. The van der Waals surface area contributed by atoms with Gasteiger partial charge < -0.3 is 15.0 Å². The van der Waals surface area contributed by atoms with E-state index in [0.29, 0.717) is 12.6 Å². The van der Waals surface area contributed by atoms with Crippen LogP contribution in [0.2, 0.25) is 0 Å². The maximum Gasteiger partial charge on any atom is 0.119 e. The van der Waals surface area contributed by atoms with E-state index in [0.717, 1.165) is 25.4 Å². The van der Waals surface area contributed by atoms with Crippen LogP contribution in [0.5, 0.6) is 5.75 Å². The minimum atomic E-state index is 0.613. The van der Waals surface area contributed by atoms with Crippen LogP contribution in [0, 0.1) is 0 Å². The highest BCUT2D eigenvalue weighted by molar-refractivity contribution is 5.27. The highest BCUT2D eigenvalue weighted by atomic mass is 16.5. The van der Waals surface area contributed by atoms with Crippen LogP contribution in [0.1, 0.15) is 31.4 Å². The summed E-state index contributed by atoms with van der Waals surface area (Å²) in [6.45, 7) is 8.16. The molecule has 3 heteroatoms. The first-order chi connectivity index (χ1) is 11.6. The molecule has 0 atom stereocenters. The number of nitrogens with one attached hydrogen (secondary N) is 1. The van der Waals surface area contributed by atoms with E-state index < -0.39 is 0 Å². The van der Waals surface area contributed by atoms with Crippen molar-refractivity contribution in [2.75, 3.05) is 20.1 Å². The number of benzene rings is 2. The van der Waals surface area contributed by atoms with Gasteiger partial charge in [0.25, 0.3) is 0 Å². The van der Waals surface area contributed by atoms with E-state index in [1.165, 1.54) is 17.5 Å². The summed E-state index contributed by atoms with van der Waals surface area (Å²) in [7, 11) is 2.18. The Morgan fingerprint density at radius 1 is 0.958 bits per heavy atom. The topological polar surface area (TPSA) is 24.5 Å². The van der Waals surface area contributed by atoms with E-state index in [9.17, 15) is 0 Å². The van der Waals surface area contributed by atoms with Gasteiger partial charge in [-0.2, -0.15) is 0 Å². The Kier molecular flexibility index (Phi) is 7.80. The van der Waals surface area contributed by atoms with Crippen molar-refractivity contribution in [1.82, 2.24) is 10.2 Å². The Morgan fingerprint density at radius 2 is 1.67 bits per heavy atom. The molecular formula is C21H30N2O. The molecule has 0 aliphatic carbocycles. The van der Waals surface area contributed by atoms with E-state index in [4.69, 9.17) is 4.74 Å². The van der Waals surface area contributed by atoms with Gasteiger partial charge in [-0.05, 0) is 63.7 Å². The minimum absolute atomic E-state index is 0.613. The molecule has 2 aromatic carbocycles. The summed E-state index contributed by atoms with van der Waals surface area (Å²) in [5, 5.41) is 3.51. The van der Waals surface area contributed by atoms with E-state index in [-0.39, 0.29) is 0 Å². The summed E-state index contributed by atoms with van der Waals surface area (Å²) < 4.78 is 5.81. The van der Waals surface area contributed by atoms with Crippen molar-refractivity contribution in [3.63, 3.8) is 0 Å². The molecule has 24 heavy (non-hydrogen) atoms. The Bertz CT molecular complexity index is 566. The molecule has 0 saturated carbocycles. The molecule has 2 rings (SSSR count). The SMILES string of the molecule is CC(C)N(C)CCCNCc1ccc(OCc2ccccc2)cc1. The second-order valence-electron chi connectivity index (χ2n) is 6.52. The largest absolute Gasteiger partial charge is 0.489 e. The summed E-state index contributed by atoms with van der Waals surface area (Å²) in [4.78, 5) is 2.38. The van der Waals surface area contributed by atoms with Crippen LogP contribution >= 0.6 is 0 Å². The number of nitrogens with zero attached hydrogens (tertiary/aromatic N) is 1. The summed E-state index contributed by atoms with van der Waals surface area (Å²) in [6, 6.07) is 19.2. The second-order valence-corrected chi connectivity index (χ2v) is 6.52. The first-order valence-electron chi connectivity index (χ1n) is 8.82. The minimum Gasteiger partial charge on any atom is -0.489 e. The fourth-order valence-electron chi connectivity index (χ4n) is 2.39. The first-order valence-corrected chi connectivity index (χ1v) is 8.82. The van der Waals surface area contributed by atoms with Crippen LogP contribution in [0.15, 0.2) is 54.6 Å². The van der Waals surface area contributed by atoms with Crippen molar-refractivity contribution in [2.24, 2.45) is 0 Å². The number of rotatable bonds is 10. The van der Waals surface area contributed by atoms with Crippen molar-refractivity contribution in [3.05, 3.63) is 65.7 Å². The van der Waals surface area contributed by atoms with Gasteiger partial charge in [0, 0.05) is 12.6 Å². The van der Waals surface area contributed by atoms with Gasteiger partial charge in [-0.25, -0.2) is 0 Å². The maximum absolute atomic E-state index is 5.81. The van der Waals surface area contributed by atoms with Crippen LogP contribution in [0.25, 0.3) is 0 Å². The number of hydrogen-bond acceptors (Lipinski definition) is 3. The number of hydrogen-bond donors (Lipinski definition) is 1. The summed E-state index contributed by atoms with van der Waals surface area (Å²) in [5.74, 6) is 0.918. The van der Waals surface area contributed by atoms with Gasteiger partial charge in [0.1, 0.15) is 12.4 Å². The highest BCUT2D eigenvalue weighted by Crippen LogP contribution is 2.14. The summed E-state index contributed by atoms with van der Waals surface area (Å²) >= 11 is 0. The Hall–Kier alpha value is -1.84.